The molecule has 0 heterocycles. The fraction of sp³-hybridized carbons (Fsp3) is 0.417. The Hall–Kier alpha value is -2.58. The lowest BCUT2D eigenvalue weighted by Gasteiger charge is -2.27. The predicted octanol–water partition coefficient (Wildman–Crippen LogP) is 4.54. The molecule has 0 bridgehead atoms. The molecule has 0 unspecified atom stereocenters. The minimum atomic E-state index is -4.02. The molecule has 1 N–H and O–H groups in total. The first kappa shape index (κ1) is 25.1. The van der Waals surface area contributed by atoms with E-state index in [1.165, 1.54) is 7.11 Å². The first-order valence-corrected chi connectivity index (χ1v) is 12.5. The van der Waals surface area contributed by atoms with E-state index in [1.54, 1.807) is 45.0 Å². The van der Waals surface area contributed by atoms with Crippen LogP contribution in [0.3, 0.4) is 0 Å². The zero-order valence-corrected chi connectivity index (χ0v) is 20.7. The van der Waals surface area contributed by atoms with Crippen LogP contribution in [0.1, 0.15) is 42.4 Å². The van der Waals surface area contributed by atoms with Gasteiger partial charge in [0.2, 0.25) is 0 Å². The third-order valence-corrected chi connectivity index (χ3v) is 9.05. The quantitative estimate of drug-likeness (QED) is 0.568. The van der Waals surface area contributed by atoms with Gasteiger partial charge >= 0.3 is 5.97 Å². The average molecular weight is 494 g/mol. The molecule has 1 fully saturated rings. The number of hydrogen-bond acceptors (Lipinski definition) is 6. The topological polar surface area (TPSA) is 98.8 Å². The number of rotatable bonds is 7. The van der Waals surface area contributed by atoms with E-state index in [0.29, 0.717) is 34.9 Å². The van der Waals surface area contributed by atoms with Crippen molar-refractivity contribution in [3.05, 3.63) is 52.0 Å². The molecule has 9 heteroatoms. The summed E-state index contributed by atoms with van der Waals surface area (Å²) >= 11 is 6.09. The maximum Gasteiger partial charge on any atom is 0.328 e. The van der Waals surface area contributed by atoms with Gasteiger partial charge in [0.1, 0.15) is 5.75 Å². The molecule has 1 aliphatic rings. The molecule has 0 aliphatic heterocycles. The number of methoxy groups -OCH3 is 1. The summed E-state index contributed by atoms with van der Waals surface area (Å²) in [4.78, 5) is 25.8. The zero-order chi connectivity index (χ0) is 24.4. The summed E-state index contributed by atoms with van der Waals surface area (Å²) in [5.41, 5.74) is 2.46. The highest BCUT2D eigenvalue weighted by Crippen LogP contribution is 2.42. The van der Waals surface area contributed by atoms with Gasteiger partial charge in [-0.05, 0) is 62.4 Å². The molecule has 33 heavy (non-hydrogen) atoms. The van der Waals surface area contributed by atoms with Gasteiger partial charge in [-0.3, -0.25) is 9.59 Å². The molecule has 2 aromatic carbocycles. The number of hydrogen-bond donors (Lipinski definition) is 1. The van der Waals surface area contributed by atoms with Crippen molar-refractivity contribution in [2.75, 3.05) is 19.0 Å². The van der Waals surface area contributed by atoms with Gasteiger partial charge < -0.3 is 14.8 Å². The van der Waals surface area contributed by atoms with Crippen LogP contribution in [0.15, 0.2) is 35.2 Å². The van der Waals surface area contributed by atoms with Gasteiger partial charge in [0.15, 0.2) is 21.2 Å². The molecule has 178 valence electrons. The largest absolute Gasteiger partial charge is 0.495 e. The van der Waals surface area contributed by atoms with Gasteiger partial charge in [-0.25, -0.2) is 8.42 Å². The van der Waals surface area contributed by atoms with Crippen LogP contribution in [0, 0.1) is 20.8 Å². The molecule has 3 rings (SSSR count). The monoisotopic (exact) mass is 493 g/mol. The number of sulfone groups is 1. The molecular weight excluding hydrogens is 466 g/mol. The van der Waals surface area contributed by atoms with Gasteiger partial charge in [0.25, 0.3) is 5.91 Å². The predicted molar refractivity (Wildman–Crippen MR) is 127 cm³/mol. The van der Waals surface area contributed by atoms with E-state index in [-0.39, 0.29) is 17.7 Å². The minimum Gasteiger partial charge on any atom is -0.495 e. The van der Waals surface area contributed by atoms with Gasteiger partial charge in [0, 0.05) is 11.1 Å². The fourth-order valence-electron chi connectivity index (χ4n) is 4.11. The summed E-state index contributed by atoms with van der Waals surface area (Å²) in [6.07, 6.45) is 1.50. The summed E-state index contributed by atoms with van der Waals surface area (Å²) < 4.78 is 36.1. The number of carbonyl (C=O) groups is 2. The molecule has 1 aliphatic carbocycles. The molecule has 7 nitrogen and oxygen atoms in total. The van der Waals surface area contributed by atoms with Crippen LogP contribution in [-0.4, -0.2) is 38.8 Å². The Morgan fingerprint density at radius 2 is 1.73 bits per heavy atom. The van der Waals surface area contributed by atoms with Crippen LogP contribution >= 0.6 is 11.6 Å². The number of nitrogens with one attached hydrogen (secondary N) is 1. The number of ether oxygens (including phenoxy) is 2. The fourth-order valence-corrected chi connectivity index (χ4v) is 6.63. The third kappa shape index (κ3) is 4.87. The van der Waals surface area contributed by atoms with E-state index in [1.807, 2.05) is 6.07 Å². The highest BCUT2D eigenvalue weighted by Gasteiger charge is 2.54. The SMILES string of the molecule is COc1cc(Cl)c(C)cc1NC(=O)COC(=O)C1(S(=O)(=O)c2cc(C)ccc2C)CCCC1. The van der Waals surface area contributed by atoms with Crippen LogP contribution in [0.2, 0.25) is 5.02 Å². The van der Waals surface area contributed by atoms with Crippen molar-refractivity contribution < 1.29 is 27.5 Å². The molecular formula is C24H28ClNO6S. The summed E-state index contributed by atoms with van der Waals surface area (Å²) in [6.45, 7) is 4.66. The molecule has 1 saturated carbocycles. The third-order valence-electron chi connectivity index (χ3n) is 6.02. The lowest BCUT2D eigenvalue weighted by Crippen LogP contribution is -2.46. The average Bonchev–Trinajstić information content (AvgIpc) is 3.28. The molecule has 1 amide bonds. The van der Waals surface area contributed by atoms with Crippen LogP contribution in [0.25, 0.3) is 0 Å². The zero-order valence-electron chi connectivity index (χ0n) is 19.2. The van der Waals surface area contributed by atoms with Crippen molar-refractivity contribution in [2.24, 2.45) is 0 Å². The first-order chi connectivity index (χ1) is 15.5. The Balaban J connectivity index is 1.80. The number of aryl methyl sites for hydroxylation is 3. The molecule has 2 aromatic rings. The summed E-state index contributed by atoms with van der Waals surface area (Å²) in [6, 6.07) is 8.35. The van der Waals surface area contributed by atoms with Crippen LogP contribution < -0.4 is 10.1 Å². The maximum absolute atomic E-state index is 13.6. The minimum absolute atomic E-state index is 0.132. The number of carbonyl (C=O) groups excluding carboxylic acids is 2. The van der Waals surface area contributed by atoms with Gasteiger partial charge in [0.05, 0.1) is 17.7 Å². The lowest BCUT2D eigenvalue weighted by atomic mass is 10.1. The second-order valence-corrected chi connectivity index (χ2v) is 11.0. The van der Waals surface area contributed by atoms with Crippen LogP contribution in [-0.2, 0) is 24.2 Å². The van der Waals surface area contributed by atoms with Crippen LogP contribution in [0.4, 0.5) is 5.69 Å². The van der Waals surface area contributed by atoms with Crippen molar-refractivity contribution in [3.8, 4) is 5.75 Å². The van der Waals surface area contributed by atoms with Crippen molar-refractivity contribution in [3.63, 3.8) is 0 Å². The Kier molecular flexibility index (Phi) is 7.39. The standard InChI is InChI=1S/C24H28ClNO6S/c1-15-7-8-16(2)21(11-15)33(29,30)24(9-5-6-10-24)23(28)32-14-22(27)26-19-12-17(3)18(25)13-20(19)31-4/h7-8,11-13H,5-6,9-10,14H2,1-4H3,(H,26,27). The van der Waals surface area contributed by atoms with Crippen molar-refractivity contribution in [2.45, 2.75) is 56.1 Å². The molecule has 0 saturated heterocycles. The van der Waals surface area contributed by atoms with E-state index in [0.717, 1.165) is 11.1 Å². The van der Waals surface area contributed by atoms with Crippen LogP contribution in [0.5, 0.6) is 5.75 Å². The number of amides is 1. The Morgan fingerprint density at radius 1 is 1.06 bits per heavy atom. The number of halogens is 1. The highest BCUT2D eigenvalue weighted by molar-refractivity contribution is 7.93. The summed E-state index contributed by atoms with van der Waals surface area (Å²) in [5.74, 6) is -1.15. The second kappa shape index (κ2) is 9.73. The van der Waals surface area contributed by atoms with Crippen molar-refractivity contribution >= 4 is 39.0 Å². The lowest BCUT2D eigenvalue weighted by molar-refractivity contribution is -0.149. The first-order valence-electron chi connectivity index (χ1n) is 10.6. The second-order valence-electron chi connectivity index (χ2n) is 8.40. The smallest absolute Gasteiger partial charge is 0.328 e. The number of esters is 1. The van der Waals surface area contributed by atoms with E-state index in [4.69, 9.17) is 21.1 Å². The van der Waals surface area contributed by atoms with E-state index >= 15 is 0 Å². The van der Waals surface area contributed by atoms with Crippen molar-refractivity contribution in [1.29, 1.82) is 0 Å². The summed E-state index contributed by atoms with van der Waals surface area (Å²) in [7, 11) is -2.58. The van der Waals surface area contributed by atoms with E-state index in [9.17, 15) is 18.0 Å². The number of anilines is 1. The Labute approximate surface area is 199 Å². The van der Waals surface area contributed by atoms with E-state index in [2.05, 4.69) is 5.32 Å². The molecule has 0 aromatic heterocycles. The molecule has 0 radical (unpaired) electrons. The molecule has 0 atom stereocenters. The van der Waals surface area contributed by atoms with Crippen molar-refractivity contribution in [1.82, 2.24) is 0 Å². The van der Waals surface area contributed by atoms with Gasteiger partial charge in [-0.1, -0.05) is 36.6 Å². The normalized spacial score (nSPS) is 15.2. The summed E-state index contributed by atoms with van der Waals surface area (Å²) in [5, 5.41) is 3.11. The number of benzene rings is 2. The maximum atomic E-state index is 13.6. The van der Waals surface area contributed by atoms with E-state index < -0.39 is 33.1 Å². The highest BCUT2D eigenvalue weighted by atomic mass is 35.5. The Bertz CT molecular complexity index is 1190. The van der Waals surface area contributed by atoms with Gasteiger partial charge in [-0.15, -0.1) is 0 Å². The Morgan fingerprint density at radius 3 is 2.36 bits per heavy atom. The van der Waals surface area contributed by atoms with Gasteiger partial charge in [-0.2, -0.15) is 0 Å². The molecule has 0 spiro atoms.